The number of hydrogen-bond donors (Lipinski definition) is 2. The van der Waals surface area contributed by atoms with Gasteiger partial charge in [0.05, 0.1) is 6.42 Å². The molecule has 0 spiro atoms. The molecule has 1 fully saturated rings. The molecule has 1 saturated heterocycles. The van der Waals surface area contributed by atoms with Gasteiger partial charge in [-0.25, -0.2) is 0 Å². The molecule has 1 aliphatic heterocycles. The van der Waals surface area contributed by atoms with Crippen LogP contribution in [0.3, 0.4) is 0 Å². The van der Waals surface area contributed by atoms with Crippen molar-refractivity contribution in [1.29, 1.82) is 0 Å². The van der Waals surface area contributed by atoms with Gasteiger partial charge in [-0.05, 0) is 25.2 Å². The number of amides is 1. The first kappa shape index (κ1) is 13.8. The molecule has 0 aromatic rings. The number of rotatable bonds is 4. The highest BCUT2D eigenvalue weighted by Gasteiger charge is 2.20. The summed E-state index contributed by atoms with van der Waals surface area (Å²) >= 11 is 0. The second-order valence-corrected chi connectivity index (χ2v) is 4.73. The SMILES string of the molecule is CCCC1CCCN(C(=O)CC(N)=NO)CC1. The van der Waals surface area contributed by atoms with Gasteiger partial charge < -0.3 is 15.8 Å². The average molecular weight is 241 g/mol. The number of hydrogen-bond acceptors (Lipinski definition) is 3. The molecule has 5 nitrogen and oxygen atoms in total. The van der Waals surface area contributed by atoms with Crippen molar-refractivity contribution < 1.29 is 10.0 Å². The van der Waals surface area contributed by atoms with Crippen LogP contribution in [-0.4, -0.2) is 34.9 Å². The van der Waals surface area contributed by atoms with E-state index in [2.05, 4.69) is 12.1 Å². The fourth-order valence-corrected chi connectivity index (χ4v) is 2.41. The Morgan fingerprint density at radius 2 is 2.24 bits per heavy atom. The quantitative estimate of drug-likeness (QED) is 0.339. The molecule has 1 heterocycles. The number of carbonyl (C=O) groups excluding carboxylic acids is 1. The van der Waals surface area contributed by atoms with E-state index in [0.717, 1.165) is 31.8 Å². The highest BCUT2D eigenvalue weighted by atomic mass is 16.4. The van der Waals surface area contributed by atoms with E-state index in [4.69, 9.17) is 10.9 Å². The number of nitrogens with zero attached hydrogens (tertiary/aromatic N) is 2. The van der Waals surface area contributed by atoms with E-state index in [1.807, 2.05) is 4.90 Å². The zero-order valence-corrected chi connectivity index (χ0v) is 10.6. The van der Waals surface area contributed by atoms with E-state index in [1.165, 1.54) is 19.3 Å². The van der Waals surface area contributed by atoms with Gasteiger partial charge >= 0.3 is 0 Å². The van der Waals surface area contributed by atoms with Gasteiger partial charge in [0.15, 0.2) is 0 Å². The first-order valence-electron chi connectivity index (χ1n) is 6.41. The summed E-state index contributed by atoms with van der Waals surface area (Å²) in [5, 5.41) is 11.3. The molecule has 1 aliphatic rings. The number of amidine groups is 1. The third kappa shape index (κ3) is 4.63. The van der Waals surface area contributed by atoms with Crippen LogP contribution in [0.5, 0.6) is 0 Å². The van der Waals surface area contributed by atoms with Crippen molar-refractivity contribution in [3.63, 3.8) is 0 Å². The first-order valence-corrected chi connectivity index (χ1v) is 6.41. The van der Waals surface area contributed by atoms with E-state index in [1.54, 1.807) is 0 Å². The number of oxime groups is 1. The summed E-state index contributed by atoms with van der Waals surface area (Å²) in [7, 11) is 0. The molecule has 1 unspecified atom stereocenters. The Bertz CT molecular complexity index is 279. The van der Waals surface area contributed by atoms with Crippen LogP contribution in [0.2, 0.25) is 0 Å². The Balaban J connectivity index is 2.42. The normalized spacial score (nSPS) is 22.3. The lowest BCUT2D eigenvalue weighted by Crippen LogP contribution is -2.34. The molecule has 0 aromatic carbocycles. The second-order valence-electron chi connectivity index (χ2n) is 4.73. The van der Waals surface area contributed by atoms with Crippen molar-refractivity contribution in [3.8, 4) is 0 Å². The van der Waals surface area contributed by atoms with Crippen LogP contribution in [0.4, 0.5) is 0 Å². The third-order valence-corrected chi connectivity index (χ3v) is 3.36. The lowest BCUT2D eigenvalue weighted by Gasteiger charge is -2.20. The molecule has 1 amide bonds. The maximum Gasteiger partial charge on any atom is 0.230 e. The molecule has 1 atom stereocenters. The number of nitrogens with two attached hydrogens (primary N) is 1. The molecule has 0 aliphatic carbocycles. The predicted octanol–water partition coefficient (Wildman–Crippen LogP) is 1.55. The summed E-state index contributed by atoms with van der Waals surface area (Å²) in [6.45, 7) is 3.81. The van der Waals surface area contributed by atoms with E-state index in [-0.39, 0.29) is 18.2 Å². The van der Waals surface area contributed by atoms with Crippen LogP contribution < -0.4 is 5.73 Å². The highest BCUT2D eigenvalue weighted by Crippen LogP contribution is 2.22. The molecule has 0 saturated carbocycles. The minimum absolute atomic E-state index is 0.00986. The zero-order chi connectivity index (χ0) is 12.7. The fraction of sp³-hybridized carbons (Fsp3) is 0.833. The van der Waals surface area contributed by atoms with Crippen LogP contribution in [0.15, 0.2) is 5.16 Å². The van der Waals surface area contributed by atoms with Gasteiger partial charge in [-0.15, -0.1) is 0 Å². The van der Waals surface area contributed by atoms with Crippen molar-refractivity contribution in [3.05, 3.63) is 0 Å². The largest absolute Gasteiger partial charge is 0.409 e. The number of carbonyl (C=O) groups is 1. The molecule has 0 aromatic heterocycles. The minimum atomic E-state index is -0.0301. The Labute approximate surface area is 103 Å². The van der Waals surface area contributed by atoms with Crippen LogP contribution in [0, 0.1) is 5.92 Å². The van der Waals surface area contributed by atoms with Crippen molar-refractivity contribution >= 4 is 11.7 Å². The maximum absolute atomic E-state index is 11.8. The highest BCUT2D eigenvalue weighted by molar-refractivity contribution is 5.98. The molecular weight excluding hydrogens is 218 g/mol. The average Bonchev–Trinajstić information content (AvgIpc) is 2.55. The minimum Gasteiger partial charge on any atom is -0.409 e. The van der Waals surface area contributed by atoms with Gasteiger partial charge in [0.1, 0.15) is 5.84 Å². The van der Waals surface area contributed by atoms with Crippen molar-refractivity contribution in [1.82, 2.24) is 4.90 Å². The Hall–Kier alpha value is -1.26. The van der Waals surface area contributed by atoms with E-state index in [0.29, 0.717) is 0 Å². The predicted molar refractivity (Wildman–Crippen MR) is 66.9 cm³/mol. The summed E-state index contributed by atoms with van der Waals surface area (Å²) in [5.41, 5.74) is 5.35. The molecular formula is C12H23N3O2. The monoisotopic (exact) mass is 241 g/mol. The molecule has 3 N–H and O–H groups in total. The van der Waals surface area contributed by atoms with Crippen LogP contribution in [-0.2, 0) is 4.79 Å². The van der Waals surface area contributed by atoms with Gasteiger partial charge in [0, 0.05) is 13.1 Å². The van der Waals surface area contributed by atoms with E-state index in [9.17, 15) is 4.79 Å². The topological polar surface area (TPSA) is 78.9 Å². The van der Waals surface area contributed by atoms with Crippen LogP contribution in [0.1, 0.15) is 45.4 Å². The van der Waals surface area contributed by atoms with Gasteiger partial charge in [0.2, 0.25) is 5.91 Å². The molecule has 1 rings (SSSR count). The third-order valence-electron chi connectivity index (χ3n) is 3.36. The molecule has 98 valence electrons. The van der Waals surface area contributed by atoms with Gasteiger partial charge in [-0.1, -0.05) is 24.9 Å². The lowest BCUT2D eigenvalue weighted by molar-refractivity contribution is -0.129. The summed E-state index contributed by atoms with van der Waals surface area (Å²) in [6, 6.07) is 0. The Kier molecular flexibility index (Phi) is 5.80. The second kappa shape index (κ2) is 7.14. The summed E-state index contributed by atoms with van der Waals surface area (Å²) in [4.78, 5) is 13.7. The van der Waals surface area contributed by atoms with Crippen molar-refractivity contribution in [2.45, 2.75) is 45.4 Å². The van der Waals surface area contributed by atoms with Crippen molar-refractivity contribution in [2.75, 3.05) is 13.1 Å². The van der Waals surface area contributed by atoms with Gasteiger partial charge in [0.25, 0.3) is 0 Å². The van der Waals surface area contributed by atoms with Gasteiger partial charge in [-0.2, -0.15) is 0 Å². The first-order chi connectivity index (χ1) is 8.17. The number of likely N-dealkylation sites (tertiary alicyclic amines) is 1. The summed E-state index contributed by atoms with van der Waals surface area (Å²) in [6.07, 6.45) is 5.84. The summed E-state index contributed by atoms with van der Waals surface area (Å²) in [5.74, 6) is 0.712. The Morgan fingerprint density at radius 3 is 2.88 bits per heavy atom. The maximum atomic E-state index is 11.8. The summed E-state index contributed by atoms with van der Waals surface area (Å²) < 4.78 is 0. The molecule has 0 radical (unpaired) electrons. The fourth-order valence-electron chi connectivity index (χ4n) is 2.41. The lowest BCUT2D eigenvalue weighted by atomic mass is 9.96. The molecule has 5 heteroatoms. The van der Waals surface area contributed by atoms with Crippen molar-refractivity contribution in [2.24, 2.45) is 16.8 Å². The van der Waals surface area contributed by atoms with E-state index >= 15 is 0 Å². The molecule has 0 bridgehead atoms. The smallest absolute Gasteiger partial charge is 0.230 e. The standard InChI is InChI=1S/C12H23N3O2/c1-2-4-10-5-3-7-15(8-6-10)12(16)9-11(13)14-17/h10,17H,2-9H2,1H3,(H2,13,14). The van der Waals surface area contributed by atoms with Gasteiger partial charge in [-0.3, -0.25) is 4.79 Å². The molecule has 17 heavy (non-hydrogen) atoms. The Morgan fingerprint density at radius 1 is 1.47 bits per heavy atom. The van der Waals surface area contributed by atoms with Crippen LogP contribution >= 0.6 is 0 Å². The van der Waals surface area contributed by atoms with Crippen LogP contribution in [0.25, 0.3) is 0 Å². The van der Waals surface area contributed by atoms with E-state index < -0.39 is 0 Å². The zero-order valence-electron chi connectivity index (χ0n) is 10.6.